The van der Waals surface area contributed by atoms with E-state index in [0.29, 0.717) is 17.0 Å². The third-order valence-electron chi connectivity index (χ3n) is 3.84. The Labute approximate surface area is 139 Å². The van der Waals surface area contributed by atoms with E-state index in [-0.39, 0.29) is 11.7 Å². The highest BCUT2D eigenvalue weighted by molar-refractivity contribution is 6.03. The fourth-order valence-electron chi connectivity index (χ4n) is 2.60. The second kappa shape index (κ2) is 6.58. The number of hydrazone groups is 1. The molecule has 0 aliphatic rings. The quantitative estimate of drug-likeness (QED) is 0.566. The van der Waals surface area contributed by atoms with Gasteiger partial charge in [-0.05, 0) is 43.7 Å². The molecule has 0 aliphatic carbocycles. The number of rotatable bonds is 4. The van der Waals surface area contributed by atoms with Gasteiger partial charge in [-0.3, -0.25) is 4.79 Å². The van der Waals surface area contributed by atoms with Gasteiger partial charge in [0.05, 0.1) is 0 Å². The van der Waals surface area contributed by atoms with Crippen molar-refractivity contribution in [2.75, 3.05) is 0 Å². The number of phenolic OH excluding ortho intramolecular Hbond substituents is 1. The predicted molar refractivity (Wildman–Crippen MR) is 93.4 cm³/mol. The van der Waals surface area contributed by atoms with Crippen LogP contribution in [0, 0.1) is 0 Å². The highest BCUT2D eigenvalue weighted by Crippen LogP contribution is 2.26. The molecule has 2 aromatic carbocycles. The van der Waals surface area contributed by atoms with Crippen molar-refractivity contribution in [3.8, 4) is 5.75 Å². The smallest absolute Gasteiger partial charge is 0.271 e. The number of amides is 1. The molecule has 24 heavy (non-hydrogen) atoms. The van der Waals surface area contributed by atoms with Crippen molar-refractivity contribution in [3.63, 3.8) is 0 Å². The van der Waals surface area contributed by atoms with Crippen LogP contribution in [-0.4, -0.2) is 16.7 Å². The molecule has 122 valence electrons. The standard InChI is InChI=1S/C19H18N2O3/c1-3-15-16-6-4-5-7-17(16)24-18(15)12(2)20-21-19(23)13-8-10-14(22)11-9-13/h4-11,22H,3H2,1-2H3,(H,21,23)/b20-12-. The number of hydrogen-bond donors (Lipinski definition) is 2. The summed E-state index contributed by atoms with van der Waals surface area (Å²) in [6.07, 6.45) is 0.811. The molecule has 1 aromatic heterocycles. The molecule has 1 heterocycles. The molecule has 0 fully saturated rings. The third-order valence-corrected chi connectivity index (χ3v) is 3.84. The number of aromatic hydroxyl groups is 1. The molecule has 0 radical (unpaired) electrons. The van der Waals surface area contributed by atoms with Crippen molar-refractivity contribution in [1.82, 2.24) is 5.43 Å². The van der Waals surface area contributed by atoms with Crippen molar-refractivity contribution in [3.05, 3.63) is 65.4 Å². The molecule has 0 saturated carbocycles. The first-order chi connectivity index (χ1) is 11.6. The maximum absolute atomic E-state index is 12.1. The van der Waals surface area contributed by atoms with E-state index in [1.165, 1.54) is 24.3 Å². The average Bonchev–Trinajstić information content (AvgIpc) is 2.98. The first-order valence-electron chi connectivity index (χ1n) is 7.74. The number of nitrogens with one attached hydrogen (secondary N) is 1. The van der Waals surface area contributed by atoms with Crippen LogP contribution < -0.4 is 5.43 Å². The van der Waals surface area contributed by atoms with E-state index in [1.807, 2.05) is 24.3 Å². The van der Waals surface area contributed by atoms with E-state index in [2.05, 4.69) is 17.5 Å². The largest absolute Gasteiger partial charge is 0.508 e. The molecular weight excluding hydrogens is 304 g/mol. The van der Waals surface area contributed by atoms with Gasteiger partial charge in [-0.2, -0.15) is 5.10 Å². The zero-order valence-electron chi connectivity index (χ0n) is 13.5. The minimum atomic E-state index is -0.344. The zero-order chi connectivity index (χ0) is 17.1. The highest BCUT2D eigenvalue weighted by atomic mass is 16.3. The van der Waals surface area contributed by atoms with Gasteiger partial charge in [0.15, 0.2) is 5.76 Å². The Bertz CT molecular complexity index is 908. The summed E-state index contributed by atoms with van der Waals surface area (Å²) in [5.74, 6) is 0.453. The maximum atomic E-state index is 12.1. The fraction of sp³-hybridized carbons (Fsp3) is 0.158. The number of carbonyl (C=O) groups excluding carboxylic acids is 1. The first kappa shape index (κ1) is 15.8. The Morgan fingerprint density at radius 3 is 2.58 bits per heavy atom. The van der Waals surface area contributed by atoms with Crippen LogP contribution in [-0.2, 0) is 6.42 Å². The van der Waals surface area contributed by atoms with Crippen molar-refractivity contribution in [2.24, 2.45) is 5.10 Å². The number of carbonyl (C=O) groups is 1. The number of hydrogen-bond acceptors (Lipinski definition) is 4. The van der Waals surface area contributed by atoms with Crippen LogP contribution >= 0.6 is 0 Å². The SMILES string of the molecule is CCc1c(/C(C)=N\NC(=O)c2ccc(O)cc2)oc2ccccc12. The molecular formula is C19H18N2O3. The van der Waals surface area contributed by atoms with Gasteiger partial charge in [0, 0.05) is 16.5 Å². The number of furan rings is 1. The predicted octanol–water partition coefficient (Wildman–Crippen LogP) is 3.85. The van der Waals surface area contributed by atoms with Gasteiger partial charge in [0.2, 0.25) is 0 Å². The molecule has 1 amide bonds. The minimum absolute atomic E-state index is 0.112. The molecule has 2 N–H and O–H groups in total. The molecule has 0 saturated heterocycles. The lowest BCUT2D eigenvalue weighted by molar-refractivity contribution is 0.0955. The Kier molecular flexibility index (Phi) is 4.33. The van der Waals surface area contributed by atoms with E-state index < -0.39 is 0 Å². The summed E-state index contributed by atoms with van der Waals surface area (Å²) in [6, 6.07) is 13.8. The van der Waals surface area contributed by atoms with Gasteiger partial charge in [-0.15, -0.1) is 0 Å². The van der Waals surface area contributed by atoms with E-state index in [9.17, 15) is 9.90 Å². The van der Waals surface area contributed by atoms with Gasteiger partial charge in [-0.1, -0.05) is 25.1 Å². The van der Waals surface area contributed by atoms with Crippen LogP contribution in [0.15, 0.2) is 58.0 Å². The molecule has 5 nitrogen and oxygen atoms in total. The molecule has 0 unspecified atom stereocenters. The molecule has 3 aromatic rings. The number of nitrogens with zero attached hydrogens (tertiary/aromatic N) is 1. The lowest BCUT2D eigenvalue weighted by atomic mass is 10.1. The van der Waals surface area contributed by atoms with Gasteiger partial charge in [0.25, 0.3) is 5.91 Å². The number of aryl methyl sites for hydroxylation is 1. The molecule has 0 bridgehead atoms. The number of benzene rings is 2. The van der Waals surface area contributed by atoms with Crippen LogP contribution in [0.5, 0.6) is 5.75 Å². The van der Waals surface area contributed by atoms with E-state index in [1.54, 1.807) is 6.92 Å². The van der Waals surface area contributed by atoms with E-state index >= 15 is 0 Å². The third kappa shape index (κ3) is 3.01. The van der Waals surface area contributed by atoms with Crippen molar-refractivity contribution in [1.29, 1.82) is 0 Å². The number of para-hydroxylation sites is 1. The summed E-state index contributed by atoms with van der Waals surface area (Å²) in [7, 11) is 0. The Hall–Kier alpha value is -3.08. The van der Waals surface area contributed by atoms with Crippen LogP contribution in [0.25, 0.3) is 11.0 Å². The van der Waals surface area contributed by atoms with Crippen LogP contribution in [0.4, 0.5) is 0 Å². The van der Waals surface area contributed by atoms with Crippen molar-refractivity contribution < 1.29 is 14.3 Å². The van der Waals surface area contributed by atoms with Gasteiger partial charge in [0.1, 0.15) is 17.0 Å². The number of phenols is 1. The Morgan fingerprint density at radius 1 is 1.17 bits per heavy atom. The topological polar surface area (TPSA) is 74.8 Å². The highest BCUT2D eigenvalue weighted by Gasteiger charge is 2.15. The minimum Gasteiger partial charge on any atom is -0.508 e. The van der Waals surface area contributed by atoms with Crippen LogP contribution in [0.3, 0.4) is 0 Å². The Morgan fingerprint density at radius 2 is 1.88 bits per heavy atom. The second-order valence-electron chi connectivity index (χ2n) is 5.44. The summed E-state index contributed by atoms with van der Waals surface area (Å²) < 4.78 is 5.89. The van der Waals surface area contributed by atoms with Crippen molar-refractivity contribution >= 4 is 22.6 Å². The Balaban J connectivity index is 1.86. The molecule has 0 spiro atoms. The van der Waals surface area contributed by atoms with Crippen molar-refractivity contribution in [2.45, 2.75) is 20.3 Å². The summed E-state index contributed by atoms with van der Waals surface area (Å²) >= 11 is 0. The van der Waals surface area contributed by atoms with Crippen LogP contribution in [0.2, 0.25) is 0 Å². The summed E-state index contributed by atoms with van der Waals surface area (Å²) in [5.41, 5.74) is 5.43. The maximum Gasteiger partial charge on any atom is 0.271 e. The number of fused-ring (bicyclic) bond motifs is 1. The normalized spacial score (nSPS) is 11.7. The molecule has 0 aliphatic heterocycles. The van der Waals surface area contributed by atoms with Gasteiger partial charge in [-0.25, -0.2) is 5.43 Å². The average molecular weight is 322 g/mol. The summed E-state index contributed by atoms with van der Waals surface area (Å²) in [5, 5.41) is 14.5. The van der Waals surface area contributed by atoms with Crippen LogP contribution in [0.1, 0.15) is 35.5 Å². The lowest BCUT2D eigenvalue weighted by Gasteiger charge is -2.03. The molecule has 5 heteroatoms. The summed E-state index contributed by atoms with van der Waals surface area (Å²) in [4.78, 5) is 12.1. The monoisotopic (exact) mass is 322 g/mol. The van der Waals surface area contributed by atoms with E-state index in [4.69, 9.17) is 4.42 Å². The second-order valence-corrected chi connectivity index (χ2v) is 5.44. The van der Waals surface area contributed by atoms with Gasteiger partial charge < -0.3 is 9.52 Å². The first-order valence-corrected chi connectivity index (χ1v) is 7.74. The zero-order valence-corrected chi connectivity index (χ0v) is 13.5. The summed E-state index contributed by atoms with van der Waals surface area (Å²) in [6.45, 7) is 3.86. The molecule has 3 rings (SSSR count). The van der Waals surface area contributed by atoms with E-state index in [0.717, 1.165) is 23.0 Å². The molecule has 0 atom stereocenters. The fourth-order valence-corrected chi connectivity index (χ4v) is 2.60. The van der Waals surface area contributed by atoms with Gasteiger partial charge >= 0.3 is 0 Å². The lowest BCUT2D eigenvalue weighted by Crippen LogP contribution is -2.19.